The second-order valence-electron chi connectivity index (χ2n) is 11.5. The smallest absolute Gasteiger partial charge is 0.264 e. The molecular weight excluding hydrogens is 716 g/mol. The van der Waals surface area contributed by atoms with Gasteiger partial charge in [0.1, 0.15) is 45.4 Å². The highest BCUT2D eigenvalue weighted by atomic mass is 35.5. The van der Waals surface area contributed by atoms with Gasteiger partial charge < -0.3 is 15.0 Å². The number of methoxy groups -OCH3 is 1. The maximum Gasteiger partial charge on any atom is 0.264 e. The lowest BCUT2D eigenvalue weighted by Gasteiger charge is -2.24. The van der Waals surface area contributed by atoms with E-state index >= 15 is 0 Å². The number of fused-ring (bicyclic) bond motifs is 2. The Kier molecular flexibility index (Phi) is 8.90. The Morgan fingerprint density at radius 1 is 0.942 bits per heavy atom. The van der Waals surface area contributed by atoms with Crippen LogP contribution in [0.2, 0.25) is 5.02 Å². The van der Waals surface area contributed by atoms with E-state index in [2.05, 4.69) is 30.0 Å². The molecule has 4 heterocycles. The number of para-hydroxylation sites is 1. The maximum atomic E-state index is 14.8. The summed E-state index contributed by atoms with van der Waals surface area (Å²) in [5.41, 5.74) is 0.867. The normalized spacial score (nSPS) is 12.2. The number of ether oxygens (including phenoxy) is 1. The largest absolute Gasteiger partial charge is 0.480 e. The average molecular weight is 742 g/mol. The number of H-pyrrole nitrogens is 1. The van der Waals surface area contributed by atoms with E-state index in [4.69, 9.17) is 16.3 Å². The van der Waals surface area contributed by atoms with Crippen molar-refractivity contribution < 1.29 is 21.9 Å². The number of sulfonamides is 1. The number of rotatable bonds is 9. The van der Waals surface area contributed by atoms with Gasteiger partial charge in [-0.05, 0) is 42.8 Å². The predicted molar refractivity (Wildman–Crippen MR) is 194 cm³/mol. The number of pyridine rings is 3. The first-order chi connectivity index (χ1) is 25.0. The van der Waals surface area contributed by atoms with Gasteiger partial charge in [-0.15, -0.1) is 0 Å². The van der Waals surface area contributed by atoms with Gasteiger partial charge >= 0.3 is 0 Å². The van der Waals surface area contributed by atoms with Gasteiger partial charge in [-0.3, -0.25) is 18.9 Å². The minimum atomic E-state index is -4.59. The van der Waals surface area contributed by atoms with Crippen LogP contribution in [-0.4, -0.2) is 40.0 Å². The third-order valence-electron chi connectivity index (χ3n) is 8.29. The molecule has 0 amide bonds. The first kappa shape index (κ1) is 34.3. The number of anilines is 2. The molecule has 262 valence electrons. The van der Waals surface area contributed by atoms with Gasteiger partial charge in [-0.25, -0.2) is 32.2 Å². The number of nitrogens with zero attached hydrogens (tertiary/aromatic N) is 4. The molecule has 16 heteroatoms. The number of aromatic nitrogens is 5. The van der Waals surface area contributed by atoms with Crippen LogP contribution >= 0.6 is 11.6 Å². The summed E-state index contributed by atoms with van der Waals surface area (Å²) in [4.78, 5) is 42.4. The van der Waals surface area contributed by atoms with Crippen molar-refractivity contribution in [3.63, 3.8) is 0 Å². The summed E-state index contributed by atoms with van der Waals surface area (Å²) in [6.07, 6.45) is 4.18. The average Bonchev–Trinajstić information content (AvgIpc) is 3.12. The van der Waals surface area contributed by atoms with Crippen LogP contribution in [0.1, 0.15) is 18.7 Å². The zero-order valence-corrected chi connectivity index (χ0v) is 28.8. The Labute approximate surface area is 298 Å². The zero-order chi connectivity index (χ0) is 36.7. The lowest BCUT2D eigenvalue weighted by molar-refractivity contribution is 0.400. The SMILES string of the molecule is COc1ncc(-c2cccc3c(Cl)c([C@H](C)Nc4ncnc5[nH]ccc(=O)c45)n(-c4ccccc4)c(=O)c23)cc1NS(=O)(=O)c1ccc(F)cc1F. The van der Waals surface area contributed by atoms with E-state index in [1.165, 1.54) is 42.5 Å². The third-order valence-corrected chi connectivity index (χ3v) is 10.1. The summed E-state index contributed by atoms with van der Waals surface area (Å²) >= 11 is 7.21. The summed E-state index contributed by atoms with van der Waals surface area (Å²) in [7, 11) is -3.32. The van der Waals surface area contributed by atoms with Gasteiger partial charge in [0.15, 0.2) is 5.43 Å². The van der Waals surface area contributed by atoms with Crippen molar-refractivity contribution in [3.8, 4) is 22.7 Å². The zero-order valence-electron chi connectivity index (χ0n) is 27.2. The van der Waals surface area contributed by atoms with E-state index in [9.17, 15) is 26.8 Å². The first-order valence-corrected chi connectivity index (χ1v) is 17.4. The van der Waals surface area contributed by atoms with Crippen LogP contribution in [0.5, 0.6) is 5.88 Å². The lowest BCUT2D eigenvalue weighted by Crippen LogP contribution is -2.27. The molecule has 0 fully saturated rings. The molecule has 3 aromatic carbocycles. The fourth-order valence-electron chi connectivity index (χ4n) is 6.00. The molecule has 3 N–H and O–H groups in total. The summed E-state index contributed by atoms with van der Waals surface area (Å²) < 4.78 is 63.5. The highest BCUT2D eigenvalue weighted by Crippen LogP contribution is 2.38. The van der Waals surface area contributed by atoms with Crippen molar-refractivity contribution in [3.05, 3.63) is 141 Å². The minimum Gasteiger partial charge on any atom is -0.480 e. The number of halogens is 3. The van der Waals surface area contributed by atoms with Crippen LogP contribution in [0.25, 0.3) is 38.6 Å². The van der Waals surface area contributed by atoms with E-state index in [1.54, 1.807) is 55.5 Å². The molecule has 12 nitrogen and oxygen atoms in total. The fourth-order valence-corrected chi connectivity index (χ4v) is 7.51. The standard InChI is InChI=1S/C36H26ClF2N7O5S/c1-19(44-34-30-27(47)13-14-40-33(30)42-18-43-34)32-31(37)24-10-6-9-23(29(24)36(48)46(32)22-7-4-3-5-8-22)20-15-26(35(51-2)41-17-20)45-52(49,50)28-12-11-21(38)16-25(28)39/h3-19,45H,1-2H3,(H2,40,42,43,44,47)/t19-/m0/s1. The minimum absolute atomic E-state index is 0.145. The molecule has 52 heavy (non-hydrogen) atoms. The Hall–Kier alpha value is -6.19. The number of aromatic amines is 1. The van der Waals surface area contributed by atoms with Crippen molar-refractivity contribution in [2.24, 2.45) is 0 Å². The Balaban J connectivity index is 1.40. The summed E-state index contributed by atoms with van der Waals surface area (Å²) in [5, 5.41) is 4.23. The van der Waals surface area contributed by atoms with Crippen molar-refractivity contribution >= 4 is 54.9 Å². The Morgan fingerprint density at radius 2 is 1.73 bits per heavy atom. The topological polar surface area (TPSA) is 161 Å². The summed E-state index contributed by atoms with van der Waals surface area (Å²) in [5.74, 6) is -2.15. The molecule has 0 aliphatic rings. The van der Waals surface area contributed by atoms with Crippen LogP contribution < -0.4 is 25.8 Å². The maximum absolute atomic E-state index is 14.8. The Morgan fingerprint density at radius 3 is 2.48 bits per heavy atom. The van der Waals surface area contributed by atoms with Crippen LogP contribution in [0.15, 0.2) is 112 Å². The molecule has 0 saturated carbocycles. The van der Waals surface area contributed by atoms with Crippen LogP contribution in [-0.2, 0) is 10.0 Å². The molecule has 0 aliphatic carbocycles. The van der Waals surface area contributed by atoms with E-state index in [0.717, 1.165) is 12.1 Å². The van der Waals surface area contributed by atoms with Crippen LogP contribution in [0, 0.1) is 11.6 Å². The monoisotopic (exact) mass is 741 g/mol. The van der Waals surface area contributed by atoms with E-state index in [1.807, 2.05) is 0 Å². The predicted octanol–water partition coefficient (Wildman–Crippen LogP) is 6.60. The highest BCUT2D eigenvalue weighted by Gasteiger charge is 2.26. The highest BCUT2D eigenvalue weighted by molar-refractivity contribution is 7.92. The van der Waals surface area contributed by atoms with Gasteiger partial charge in [0.2, 0.25) is 5.88 Å². The van der Waals surface area contributed by atoms with Crippen molar-refractivity contribution in [2.45, 2.75) is 17.9 Å². The number of hydrogen-bond donors (Lipinski definition) is 3. The second kappa shape index (κ2) is 13.5. The molecule has 4 aromatic heterocycles. The first-order valence-electron chi connectivity index (χ1n) is 15.5. The Bertz CT molecular complexity index is 2760. The lowest BCUT2D eigenvalue weighted by atomic mass is 9.98. The molecule has 0 aliphatic heterocycles. The van der Waals surface area contributed by atoms with Gasteiger partial charge in [0.05, 0.1) is 29.3 Å². The van der Waals surface area contributed by atoms with Gasteiger partial charge in [0, 0.05) is 41.2 Å². The van der Waals surface area contributed by atoms with E-state index in [0.29, 0.717) is 39.6 Å². The summed E-state index contributed by atoms with van der Waals surface area (Å²) in [6, 6.07) is 17.9. The third kappa shape index (κ3) is 6.09. The quantitative estimate of drug-likeness (QED) is 0.148. The van der Waals surface area contributed by atoms with E-state index in [-0.39, 0.29) is 38.6 Å². The molecule has 0 bridgehead atoms. The summed E-state index contributed by atoms with van der Waals surface area (Å²) in [6.45, 7) is 1.77. The molecular formula is C36H26ClF2N7O5S. The van der Waals surface area contributed by atoms with Gasteiger partial charge in [-0.1, -0.05) is 48.0 Å². The van der Waals surface area contributed by atoms with Crippen molar-refractivity contribution in [1.82, 2.24) is 24.5 Å². The van der Waals surface area contributed by atoms with Gasteiger partial charge in [-0.2, -0.15) is 0 Å². The van der Waals surface area contributed by atoms with Crippen LogP contribution in [0.4, 0.5) is 20.3 Å². The molecule has 0 radical (unpaired) electrons. The van der Waals surface area contributed by atoms with Crippen molar-refractivity contribution in [2.75, 3.05) is 17.1 Å². The second-order valence-corrected chi connectivity index (χ2v) is 13.5. The fraction of sp³-hybridized carbons (Fsp3) is 0.0833. The molecule has 7 rings (SSSR count). The molecule has 0 saturated heterocycles. The van der Waals surface area contributed by atoms with Crippen molar-refractivity contribution in [1.29, 1.82) is 0 Å². The van der Waals surface area contributed by atoms with Gasteiger partial charge in [0.25, 0.3) is 15.6 Å². The number of nitrogens with one attached hydrogen (secondary N) is 3. The van der Waals surface area contributed by atoms with Crippen LogP contribution in [0.3, 0.4) is 0 Å². The number of benzene rings is 3. The molecule has 7 aromatic rings. The van der Waals surface area contributed by atoms with E-state index < -0.39 is 38.2 Å². The molecule has 1 atom stereocenters. The molecule has 0 unspecified atom stereocenters. The molecule has 0 spiro atoms. The number of hydrogen-bond acceptors (Lipinski definition) is 9.